The standard InChI is InChI=1S/C14H22O4/c1-14(2,3)18-13(16)10-9-12(15)17-11-7-5-4-6-8-11/h9-11H,4-8H2,1-3H3/b10-9+. The van der Waals surface area contributed by atoms with Crippen LogP contribution in [0.3, 0.4) is 0 Å². The van der Waals surface area contributed by atoms with Crippen LogP contribution in [0.5, 0.6) is 0 Å². The summed E-state index contributed by atoms with van der Waals surface area (Å²) in [5.41, 5.74) is -0.547. The van der Waals surface area contributed by atoms with Crippen LogP contribution in [0.1, 0.15) is 52.9 Å². The van der Waals surface area contributed by atoms with Gasteiger partial charge in [-0.2, -0.15) is 0 Å². The number of rotatable bonds is 3. The summed E-state index contributed by atoms with van der Waals surface area (Å²) in [7, 11) is 0. The van der Waals surface area contributed by atoms with Crippen molar-refractivity contribution in [1.82, 2.24) is 0 Å². The summed E-state index contributed by atoms with van der Waals surface area (Å²) in [5.74, 6) is -0.990. The Morgan fingerprint density at radius 1 is 1.00 bits per heavy atom. The van der Waals surface area contributed by atoms with Crippen LogP contribution < -0.4 is 0 Å². The first kappa shape index (κ1) is 14.7. The fraction of sp³-hybridized carbons (Fsp3) is 0.714. The molecule has 4 heteroatoms. The van der Waals surface area contributed by atoms with Crippen molar-refractivity contribution in [3.63, 3.8) is 0 Å². The van der Waals surface area contributed by atoms with Crippen molar-refractivity contribution < 1.29 is 19.1 Å². The molecule has 0 heterocycles. The van der Waals surface area contributed by atoms with E-state index in [0.717, 1.165) is 37.8 Å². The highest BCUT2D eigenvalue weighted by molar-refractivity contribution is 5.91. The maximum atomic E-state index is 11.5. The molecule has 4 nitrogen and oxygen atoms in total. The summed E-state index contributed by atoms with van der Waals surface area (Å²) < 4.78 is 10.3. The van der Waals surface area contributed by atoms with Gasteiger partial charge in [0.15, 0.2) is 0 Å². The summed E-state index contributed by atoms with van der Waals surface area (Å²) in [6.07, 6.45) is 7.54. The summed E-state index contributed by atoms with van der Waals surface area (Å²) >= 11 is 0. The van der Waals surface area contributed by atoms with Gasteiger partial charge in [0.25, 0.3) is 0 Å². The maximum Gasteiger partial charge on any atom is 0.331 e. The third-order valence-electron chi connectivity index (χ3n) is 2.60. The van der Waals surface area contributed by atoms with Gasteiger partial charge in [0.05, 0.1) is 0 Å². The number of ether oxygens (including phenoxy) is 2. The Kier molecular flexibility index (Phi) is 5.38. The van der Waals surface area contributed by atoms with Gasteiger partial charge in [-0.15, -0.1) is 0 Å². The average molecular weight is 254 g/mol. The zero-order valence-corrected chi connectivity index (χ0v) is 11.4. The van der Waals surface area contributed by atoms with Crippen molar-refractivity contribution in [3.05, 3.63) is 12.2 Å². The minimum atomic E-state index is -0.547. The second-order valence-electron chi connectivity index (χ2n) is 5.56. The molecule has 0 saturated heterocycles. The van der Waals surface area contributed by atoms with E-state index in [4.69, 9.17) is 9.47 Å². The first-order valence-corrected chi connectivity index (χ1v) is 6.48. The molecule has 0 spiro atoms. The van der Waals surface area contributed by atoms with Crippen LogP contribution in [0.4, 0.5) is 0 Å². The molecule has 18 heavy (non-hydrogen) atoms. The third kappa shape index (κ3) is 6.42. The van der Waals surface area contributed by atoms with Gasteiger partial charge in [-0.05, 0) is 46.5 Å². The zero-order valence-electron chi connectivity index (χ0n) is 11.4. The molecule has 0 amide bonds. The lowest BCUT2D eigenvalue weighted by molar-refractivity contribution is -0.150. The van der Waals surface area contributed by atoms with Gasteiger partial charge in [0, 0.05) is 12.2 Å². The number of carbonyl (C=O) groups is 2. The first-order valence-electron chi connectivity index (χ1n) is 6.48. The van der Waals surface area contributed by atoms with Crippen LogP contribution in [0, 0.1) is 0 Å². The smallest absolute Gasteiger partial charge is 0.331 e. The van der Waals surface area contributed by atoms with Crippen molar-refractivity contribution >= 4 is 11.9 Å². The van der Waals surface area contributed by atoms with Crippen LogP contribution in [0.2, 0.25) is 0 Å². The minimum absolute atomic E-state index is 0.00883. The average Bonchev–Trinajstić information content (AvgIpc) is 2.25. The molecule has 0 aromatic rings. The quantitative estimate of drug-likeness (QED) is 0.574. The van der Waals surface area contributed by atoms with E-state index < -0.39 is 17.5 Å². The molecule has 0 aromatic carbocycles. The number of esters is 2. The summed E-state index contributed by atoms with van der Waals surface area (Å²) in [4.78, 5) is 22.8. The predicted octanol–water partition coefficient (Wildman–Crippen LogP) is 2.76. The normalized spacial score (nSPS) is 17.7. The Labute approximate surface area is 108 Å². The molecular formula is C14H22O4. The van der Waals surface area contributed by atoms with Gasteiger partial charge in [0.2, 0.25) is 0 Å². The largest absolute Gasteiger partial charge is 0.459 e. The Morgan fingerprint density at radius 2 is 1.56 bits per heavy atom. The molecule has 1 aliphatic carbocycles. The highest BCUT2D eigenvalue weighted by Gasteiger charge is 2.17. The zero-order chi connectivity index (χ0) is 13.6. The van der Waals surface area contributed by atoms with Crippen molar-refractivity contribution in [3.8, 4) is 0 Å². The number of hydrogen-bond donors (Lipinski definition) is 0. The van der Waals surface area contributed by atoms with Crippen LogP contribution in [-0.2, 0) is 19.1 Å². The maximum absolute atomic E-state index is 11.5. The van der Waals surface area contributed by atoms with Gasteiger partial charge in [-0.25, -0.2) is 9.59 Å². The molecule has 0 radical (unpaired) electrons. The lowest BCUT2D eigenvalue weighted by Gasteiger charge is -2.21. The molecule has 1 saturated carbocycles. The van der Waals surface area contributed by atoms with Gasteiger partial charge in [-0.1, -0.05) is 6.42 Å². The fourth-order valence-electron chi connectivity index (χ4n) is 1.86. The predicted molar refractivity (Wildman–Crippen MR) is 68.0 cm³/mol. The molecule has 0 aromatic heterocycles. The lowest BCUT2D eigenvalue weighted by atomic mass is 9.98. The first-order chi connectivity index (χ1) is 8.37. The van der Waals surface area contributed by atoms with E-state index in [0.29, 0.717) is 0 Å². The van der Waals surface area contributed by atoms with E-state index in [-0.39, 0.29) is 6.10 Å². The molecule has 1 fully saturated rings. The molecule has 0 atom stereocenters. The van der Waals surface area contributed by atoms with Crippen LogP contribution in [0.25, 0.3) is 0 Å². The number of carbonyl (C=O) groups excluding carboxylic acids is 2. The molecule has 1 rings (SSSR count). The van der Waals surface area contributed by atoms with E-state index in [1.54, 1.807) is 20.8 Å². The third-order valence-corrected chi connectivity index (χ3v) is 2.60. The Balaban J connectivity index is 2.32. The van der Waals surface area contributed by atoms with Gasteiger partial charge in [-0.3, -0.25) is 0 Å². The van der Waals surface area contributed by atoms with Gasteiger partial charge >= 0.3 is 11.9 Å². The summed E-state index contributed by atoms with van der Waals surface area (Å²) in [6, 6.07) is 0. The van der Waals surface area contributed by atoms with E-state index in [2.05, 4.69) is 0 Å². The van der Waals surface area contributed by atoms with Crippen molar-refractivity contribution in [2.24, 2.45) is 0 Å². The second kappa shape index (κ2) is 6.57. The highest BCUT2D eigenvalue weighted by atomic mass is 16.6. The van der Waals surface area contributed by atoms with Crippen LogP contribution in [-0.4, -0.2) is 23.6 Å². The molecular weight excluding hydrogens is 232 g/mol. The minimum Gasteiger partial charge on any atom is -0.459 e. The molecule has 0 aliphatic heterocycles. The second-order valence-corrected chi connectivity index (χ2v) is 5.56. The Bertz CT molecular complexity index is 319. The number of hydrogen-bond acceptors (Lipinski definition) is 4. The van der Waals surface area contributed by atoms with Gasteiger partial charge < -0.3 is 9.47 Å². The Hall–Kier alpha value is -1.32. The van der Waals surface area contributed by atoms with Crippen molar-refractivity contribution in [1.29, 1.82) is 0 Å². The van der Waals surface area contributed by atoms with Crippen molar-refractivity contribution in [2.75, 3.05) is 0 Å². The highest BCUT2D eigenvalue weighted by Crippen LogP contribution is 2.20. The summed E-state index contributed by atoms with van der Waals surface area (Å²) in [5, 5.41) is 0. The van der Waals surface area contributed by atoms with E-state index in [1.807, 2.05) is 0 Å². The molecule has 0 bridgehead atoms. The van der Waals surface area contributed by atoms with E-state index >= 15 is 0 Å². The van der Waals surface area contributed by atoms with Gasteiger partial charge in [0.1, 0.15) is 11.7 Å². The molecule has 0 N–H and O–H groups in total. The van der Waals surface area contributed by atoms with E-state index in [9.17, 15) is 9.59 Å². The molecule has 1 aliphatic rings. The monoisotopic (exact) mass is 254 g/mol. The van der Waals surface area contributed by atoms with Crippen LogP contribution >= 0.6 is 0 Å². The lowest BCUT2D eigenvalue weighted by Crippen LogP contribution is -2.23. The Morgan fingerprint density at radius 3 is 2.11 bits per heavy atom. The van der Waals surface area contributed by atoms with Crippen LogP contribution in [0.15, 0.2) is 12.2 Å². The SMILES string of the molecule is CC(C)(C)OC(=O)/C=C/C(=O)OC1CCCCC1. The topological polar surface area (TPSA) is 52.6 Å². The molecule has 102 valence electrons. The molecule has 0 unspecified atom stereocenters. The van der Waals surface area contributed by atoms with Crippen molar-refractivity contribution in [2.45, 2.75) is 64.6 Å². The fourth-order valence-corrected chi connectivity index (χ4v) is 1.86. The summed E-state index contributed by atoms with van der Waals surface area (Å²) in [6.45, 7) is 5.33. The van der Waals surface area contributed by atoms with E-state index in [1.165, 1.54) is 6.42 Å².